The van der Waals surface area contributed by atoms with Crippen LogP contribution in [0.2, 0.25) is 0 Å². The number of fused-ring (bicyclic) bond motifs is 7. The minimum absolute atomic E-state index is 0.0466. The van der Waals surface area contributed by atoms with E-state index in [1.807, 2.05) is 17.8 Å². The van der Waals surface area contributed by atoms with Crippen LogP contribution in [0, 0.1) is 12.1 Å². The van der Waals surface area contributed by atoms with E-state index in [0.717, 1.165) is 31.1 Å². The van der Waals surface area contributed by atoms with E-state index in [-0.39, 0.29) is 10.8 Å². The zero-order valence-corrected chi connectivity index (χ0v) is 37.1. The molecule has 2 unspecified atom stereocenters. The molecular formula is C60H52S. The first-order valence-electron chi connectivity index (χ1n) is 22.3. The molecular weight excluding hydrogens is 753 g/mol. The van der Waals surface area contributed by atoms with E-state index in [9.17, 15) is 0 Å². The first-order valence-corrected chi connectivity index (χ1v) is 23.2. The molecule has 1 aliphatic heterocycles. The van der Waals surface area contributed by atoms with Gasteiger partial charge in [-0.3, -0.25) is 0 Å². The molecule has 61 heavy (non-hydrogen) atoms. The number of allylic oxidation sites excluding steroid dienone is 5. The van der Waals surface area contributed by atoms with E-state index in [4.69, 9.17) is 0 Å². The lowest BCUT2D eigenvalue weighted by molar-refractivity contribution is 0.569. The second-order valence-electron chi connectivity index (χ2n) is 19.6. The Balaban J connectivity index is 1.04. The van der Waals surface area contributed by atoms with Crippen LogP contribution in [0.4, 0.5) is 0 Å². The largest absolute Gasteiger partial charge is 0.117 e. The smallest absolute Gasteiger partial charge is 0.0412 e. The Hall–Kier alpha value is -5.81. The highest BCUT2D eigenvalue weighted by atomic mass is 32.2. The molecule has 4 aliphatic rings. The quantitative estimate of drug-likeness (QED) is 0.171. The van der Waals surface area contributed by atoms with Crippen LogP contribution >= 0.6 is 11.8 Å². The van der Waals surface area contributed by atoms with Crippen molar-refractivity contribution in [3.8, 4) is 33.4 Å². The summed E-state index contributed by atoms with van der Waals surface area (Å²) in [4.78, 5) is 1.40. The predicted octanol–water partition coefficient (Wildman–Crippen LogP) is 16.3. The van der Waals surface area contributed by atoms with Crippen LogP contribution in [0.5, 0.6) is 0 Å². The van der Waals surface area contributed by atoms with Gasteiger partial charge in [-0.05, 0) is 149 Å². The van der Waals surface area contributed by atoms with Gasteiger partial charge in [-0.15, -0.1) is 11.8 Å². The summed E-state index contributed by atoms with van der Waals surface area (Å²) in [5.74, 6) is 0.312. The molecule has 0 N–H and O–H groups in total. The van der Waals surface area contributed by atoms with Crippen molar-refractivity contribution >= 4 is 51.0 Å². The van der Waals surface area contributed by atoms with Crippen molar-refractivity contribution in [2.75, 3.05) is 0 Å². The van der Waals surface area contributed by atoms with Gasteiger partial charge in [0.05, 0.1) is 0 Å². The van der Waals surface area contributed by atoms with Crippen molar-refractivity contribution in [3.63, 3.8) is 0 Å². The standard InChI is InChI=1S/C60H52S/c1-59(2,3)41-32-40(33-42(36-41)60(4,5)6)58-50-26-16-14-24-48(50)57(49-25-15-17-27-51(49)58)39-28-30-43-52-34-38(29-31-53(52)61-54(43)35-39)56-46-22-12-10-20-44(46)55(37-18-8-7-9-19-37)45-21-11-13-23-47(45)56/h7-10,13-16,18-20,23-26,28-36,52-53H,12,17,22,27H2,1-6H3. The molecule has 0 nitrogen and oxygen atoms in total. The Bertz CT molecular complexity index is 3030. The van der Waals surface area contributed by atoms with Crippen molar-refractivity contribution in [2.24, 2.45) is 0 Å². The van der Waals surface area contributed by atoms with Crippen LogP contribution in [0.25, 0.3) is 72.7 Å². The Kier molecular flexibility index (Phi) is 9.00. The molecule has 0 spiro atoms. The first kappa shape index (κ1) is 38.1. The third-order valence-electron chi connectivity index (χ3n) is 13.7. The van der Waals surface area contributed by atoms with E-state index >= 15 is 0 Å². The first-order chi connectivity index (χ1) is 29.5. The SMILES string of the molecule is CC(C)(C)c1cc(-c2c3c(c(-c4ccc5c(c4)SC4C=CC(c6c7c(c(-c8ccccc8)c8c#cccc68)C=CCC7)=CC54)c4ccccc24)C=CCC3)cc(C(C)(C)C)c1. The molecule has 0 radical (unpaired) electrons. The number of hydrogen-bond acceptors (Lipinski definition) is 1. The Labute approximate surface area is 366 Å². The van der Waals surface area contributed by atoms with Crippen molar-refractivity contribution in [3.05, 3.63) is 190 Å². The molecule has 3 aliphatic carbocycles. The van der Waals surface area contributed by atoms with Crippen LogP contribution < -0.4 is 0 Å². The monoisotopic (exact) mass is 804 g/mol. The van der Waals surface area contributed by atoms with Gasteiger partial charge >= 0.3 is 0 Å². The lowest BCUT2D eigenvalue weighted by Crippen LogP contribution is -2.16. The van der Waals surface area contributed by atoms with Gasteiger partial charge in [0, 0.05) is 27.0 Å². The van der Waals surface area contributed by atoms with E-state index < -0.39 is 0 Å². The minimum Gasteiger partial charge on any atom is -0.117 e. The minimum atomic E-state index is 0.0466. The van der Waals surface area contributed by atoms with Crippen molar-refractivity contribution in [1.29, 1.82) is 0 Å². The average Bonchev–Trinajstić information content (AvgIpc) is 3.64. The summed E-state index contributed by atoms with van der Waals surface area (Å²) in [5.41, 5.74) is 20.7. The molecule has 298 valence electrons. The molecule has 0 saturated heterocycles. The second-order valence-corrected chi connectivity index (χ2v) is 20.8. The summed E-state index contributed by atoms with van der Waals surface area (Å²) in [6, 6.07) is 46.1. The van der Waals surface area contributed by atoms with Crippen LogP contribution in [0.3, 0.4) is 0 Å². The molecule has 11 rings (SSSR count). The predicted molar refractivity (Wildman–Crippen MR) is 263 cm³/mol. The van der Waals surface area contributed by atoms with Gasteiger partial charge in [0.25, 0.3) is 0 Å². The van der Waals surface area contributed by atoms with Crippen molar-refractivity contribution < 1.29 is 0 Å². The van der Waals surface area contributed by atoms with Gasteiger partial charge in [-0.25, -0.2) is 0 Å². The Morgan fingerprint density at radius 1 is 0.574 bits per heavy atom. The van der Waals surface area contributed by atoms with Gasteiger partial charge < -0.3 is 0 Å². The Morgan fingerprint density at radius 2 is 1.23 bits per heavy atom. The summed E-state index contributed by atoms with van der Waals surface area (Å²) in [7, 11) is 0. The fraction of sp³-hybridized carbons (Fsp3) is 0.233. The van der Waals surface area contributed by atoms with E-state index in [2.05, 4.69) is 193 Å². The maximum Gasteiger partial charge on any atom is 0.0412 e. The lowest BCUT2D eigenvalue weighted by atomic mass is 9.76. The molecule has 7 aromatic carbocycles. The molecule has 0 amide bonds. The van der Waals surface area contributed by atoms with Gasteiger partial charge in [0.15, 0.2) is 0 Å². The van der Waals surface area contributed by atoms with Crippen molar-refractivity contribution in [1.82, 2.24) is 0 Å². The van der Waals surface area contributed by atoms with Crippen LogP contribution in [-0.4, -0.2) is 5.25 Å². The Morgan fingerprint density at radius 3 is 1.93 bits per heavy atom. The molecule has 0 bridgehead atoms. The highest BCUT2D eigenvalue weighted by Gasteiger charge is 2.35. The summed E-state index contributed by atoms with van der Waals surface area (Å²) >= 11 is 2.04. The topological polar surface area (TPSA) is 0 Å². The zero-order chi connectivity index (χ0) is 41.6. The van der Waals surface area contributed by atoms with Crippen LogP contribution in [-0.2, 0) is 23.7 Å². The van der Waals surface area contributed by atoms with Gasteiger partial charge in [-0.2, -0.15) is 0 Å². The molecule has 0 saturated carbocycles. The summed E-state index contributed by atoms with van der Waals surface area (Å²) in [6.07, 6.45) is 21.2. The summed E-state index contributed by atoms with van der Waals surface area (Å²) < 4.78 is 0. The zero-order valence-electron chi connectivity index (χ0n) is 36.2. The fourth-order valence-electron chi connectivity index (χ4n) is 10.6. The molecule has 1 heterocycles. The summed E-state index contributed by atoms with van der Waals surface area (Å²) in [5, 5.41) is 5.49. The maximum atomic E-state index is 3.58. The molecule has 0 aromatic heterocycles. The van der Waals surface area contributed by atoms with E-state index in [1.54, 1.807) is 0 Å². The summed E-state index contributed by atoms with van der Waals surface area (Å²) in [6.45, 7) is 14.1. The average molecular weight is 805 g/mol. The molecule has 7 aromatic rings. The van der Waals surface area contributed by atoms with Crippen LogP contribution in [0.1, 0.15) is 105 Å². The maximum absolute atomic E-state index is 3.58. The molecule has 1 heteroatoms. The van der Waals surface area contributed by atoms with Crippen LogP contribution in [0.15, 0.2) is 138 Å². The second kappa shape index (κ2) is 14.4. The van der Waals surface area contributed by atoms with Gasteiger partial charge in [0.2, 0.25) is 0 Å². The van der Waals surface area contributed by atoms with E-state index in [1.165, 1.54) is 105 Å². The molecule has 2 atom stereocenters. The number of rotatable bonds is 4. The lowest BCUT2D eigenvalue weighted by Gasteiger charge is -2.28. The highest BCUT2D eigenvalue weighted by molar-refractivity contribution is 8.00. The van der Waals surface area contributed by atoms with E-state index in [0.29, 0.717) is 11.2 Å². The number of benzene rings is 6. The fourth-order valence-corrected chi connectivity index (χ4v) is 11.9. The van der Waals surface area contributed by atoms with Gasteiger partial charge in [0.1, 0.15) is 0 Å². The third-order valence-corrected chi connectivity index (χ3v) is 15.0. The van der Waals surface area contributed by atoms with Crippen molar-refractivity contribution in [2.45, 2.75) is 94.1 Å². The number of thioether (sulfide) groups is 1. The van der Waals surface area contributed by atoms with Gasteiger partial charge in [-0.1, -0.05) is 181 Å². The highest BCUT2D eigenvalue weighted by Crippen LogP contribution is 2.54. The molecule has 0 fully saturated rings. The normalized spacial score (nSPS) is 17.8. The third kappa shape index (κ3) is 6.37. The number of hydrogen-bond donors (Lipinski definition) is 0.